The van der Waals surface area contributed by atoms with Crippen molar-refractivity contribution < 1.29 is 14.6 Å². The molecule has 15 heavy (non-hydrogen) atoms. The lowest BCUT2D eigenvalue weighted by Crippen LogP contribution is -2.47. The van der Waals surface area contributed by atoms with Crippen molar-refractivity contribution in [2.24, 2.45) is 5.73 Å². The summed E-state index contributed by atoms with van der Waals surface area (Å²) in [7, 11) is 1.57. The van der Waals surface area contributed by atoms with Gasteiger partial charge in [-0.3, -0.25) is 4.79 Å². The molecule has 0 aromatic carbocycles. The molecule has 0 saturated carbocycles. The largest absolute Gasteiger partial charge is 0.388 e. The van der Waals surface area contributed by atoms with Gasteiger partial charge >= 0.3 is 0 Å². The van der Waals surface area contributed by atoms with Gasteiger partial charge in [-0.05, 0) is 13.3 Å². The zero-order chi connectivity index (χ0) is 11.9. The molecule has 2 atom stereocenters. The van der Waals surface area contributed by atoms with Crippen molar-refractivity contribution in [2.45, 2.75) is 38.3 Å². The molecule has 5 nitrogen and oxygen atoms in total. The van der Waals surface area contributed by atoms with Crippen LogP contribution in [0.5, 0.6) is 0 Å². The average molecular weight is 218 g/mol. The maximum absolute atomic E-state index is 11.3. The van der Waals surface area contributed by atoms with Gasteiger partial charge in [-0.25, -0.2) is 0 Å². The van der Waals surface area contributed by atoms with E-state index < -0.39 is 11.6 Å². The van der Waals surface area contributed by atoms with E-state index >= 15 is 0 Å². The smallest absolute Gasteiger partial charge is 0.237 e. The topological polar surface area (TPSA) is 84.6 Å². The number of carbonyl (C=O) groups is 1. The number of rotatable bonds is 7. The maximum atomic E-state index is 11.3. The molecule has 0 rings (SSSR count). The van der Waals surface area contributed by atoms with Gasteiger partial charge in [-0.2, -0.15) is 0 Å². The predicted molar refractivity (Wildman–Crippen MR) is 58.4 cm³/mol. The van der Waals surface area contributed by atoms with Crippen LogP contribution in [0.3, 0.4) is 0 Å². The molecular formula is C10H22N2O3. The molecule has 1 amide bonds. The highest BCUT2D eigenvalue weighted by atomic mass is 16.5. The van der Waals surface area contributed by atoms with Crippen LogP contribution in [0.4, 0.5) is 0 Å². The van der Waals surface area contributed by atoms with Crippen molar-refractivity contribution in [1.29, 1.82) is 0 Å². The highest BCUT2D eigenvalue weighted by molar-refractivity contribution is 5.81. The highest BCUT2D eigenvalue weighted by Gasteiger charge is 2.22. The fraction of sp³-hybridized carbons (Fsp3) is 0.900. The first-order valence-electron chi connectivity index (χ1n) is 5.17. The third-order valence-electron chi connectivity index (χ3n) is 2.26. The van der Waals surface area contributed by atoms with Crippen LogP contribution in [0, 0.1) is 0 Å². The molecule has 0 aliphatic carbocycles. The lowest BCUT2D eigenvalue weighted by molar-refractivity contribution is -0.123. The summed E-state index contributed by atoms with van der Waals surface area (Å²) < 4.78 is 4.86. The Labute approximate surface area is 91.0 Å². The molecule has 4 N–H and O–H groups in total. The molecule has 1 unspecified atom stereocenters. The Morgan fingerprint density at radius 1 is 1.67 bits per heavy atom. The standard InChI is InChI=1S/C10H22N2O3/c1-4-8(11)9(13)12-7-10(2,14)5-6-15-3/h8,14H,4-7,11H2,1-3H3,(H,12,13)/t8-,10?/m1/s1. The summed E-state index contributed by atoms with van der Waals surface area (Å²) in [6.07, 6.45) is 1.07. The molecule has 90 valence electrons. The van der Waals surface area contributed by atoms with E-state index in [1.807, 2.05) is 6.92 Å². The van der Waals surface area contributed by atoms with Crippen LogP contribution in [0.15, 0.2) is 0 Å². The number of nitrogens with two attached hydrogens (primary N) is 1. The third kappa shape index (κ3) is 6.43. The van der Waals surface area contributed by atoms with E-state index in [-0.39, 0.29) is 12.5 Å². The van der Waals surface area contributed by atoms with Gasteiger partial charge in [0.15, 0.2) is 0 Å². The van der Waals surface area contributed by atoms with Crippen molar-refractivity contribution in [3.05, 3.63) is 0 Å². The normalized spacial score (nSPS) is 16.9. The molecule has 0 heterocycles. The minimum Gasteiger partial charge on any atom is -0.388 e. The minimum absolute atomic E-state index is 0.197. The molecule has 0 spiro atoms. The number of methoxy groups -OCH3 is 1. The van der Waals surface area contributed by atoms with Crippen LogP contribution in [0.2, 0.25) is 0 Å². The van der Waals surface area contributed by atoms with Gasteiger partial charge in [-0.15, -0.1) is 0 Å². The predicted octanol–water partition coefficient (Wildman–Crippen LogP) is -0.373. The van der Waals surface area contributed by atoms with Crippen LogP contribution in [-0.4, -0.2) is 42.9 Å². The third-order valence-corrected chi connectivity index (χ3v) is 2.26. The van der Waals surface area contributed by atoms with Crippen LogP contribution < -0.4 is 11.1 Å². The van der Waals surface area contributed by atoms with Gasteiger partial charge in [0.05, 0.1) is 11.6 Å². The molecule has 0 bridgehead atoms. The highest BCUT2D eigenvalue weighted by Crippen LogP contribution is 2.07. The van der Waals surface area contributed by atoms with Gasteiger partial charge in [0.2, 0.25) is 5.91 Å². The first-order valence-corrected chi connectivity index (χ1v) is 5.17. The molecule has 0 radical (unpaired) electrons. The molecule has 0 aromatic rings. The molecule has 0 aliphatic heterocycles. The van der Waals surface area contributed by atoms with Crippen molar-refractivity contribution in [3.8, 4) is 0 Å². The Bertz CT molecular complexity index is 195. The Kier molecular flexibility index (Phi) is 6.47. The van der Waals surface area contributed by atoms with E-state index in [9.17, 15) is 9.90 Å². The SMILES string of the molecule is CC[C@@H](N)C(=O)NCC(C)(O)CCOC. The van der Waals surface area contributed by atoms with Gasteiger partial charge in [-0.1, -0.05) is 6.92 Å². The number of amides is 1. The number of ether oxygens (including phenoxy) is 1. The Morgan fingerprint density at radius 2 is 2.27 bits per heavy atom. The average Bonchev–Trinajstić information content (AvgIpc) is 2.22. The molecule has 0 aromatic heterocycles. The Morgan fingerprint density at radius 3 is 2.73 bits per heavy atom. The monoisotopic (exact) mass is 218 g/mol. The van der Waals surface area contributed by atoms with Crippen molar-refractivity contribution >= 4 is 5.91 Å². The van der Waals surface area contributed by atoms with E-state index in [1.165, 1.54) is 0 Å². The van der Waals surface area contributed by atoms with Gasteiger partial charge in [0, 0.05) is 26.7 Å². The van der Waals surface area contributed by atoms with E-state index in [1.54, 1.807) is 14.0 Å². The number of aliphatic hydroxyl groups is 1. The zero-order valence-corrected chi connectivity index (χ0v) is 9.75. The zero-order valence-electron chi connectivity index (χ0n) is 9.75. The summed E-state index contributed by atoms with van der Waals surface area (Å²) in [5.74, 6) is -0.227. The van der Waals surface area contributed by atoms with E-state index in [0.717, 1.165) is 0 Å². The van der Waals surface area contributed by atoms with Crippen molar-refractivity contribution in [2.75, 3.05) is 20.3 Å². The summed E-state index contributed by atoms with van der Waals surface area (Å²) in [6, 6.07) is -0.497. The van der Waals surface area contributed by atoms with Crippen molar-refractivity contribution in [1.82, 2.24) is 5.32 Å². The van der Waals surface area contributed by atoms with E-state index in [0.29, 0.717) is 19.4 Å². The lowest BCUT2D eigenvalue weighted by Gasteiger charge is -2.24. The van der Waals surface area contributed by atoms with Crippen LogP contribution in [0.1, 0.15) is 26.7 Å². The quantitative estimate of drug-likeness (QED) is 0.544. The Balaban J connectivity index is 3.86. The number of nitrogens with one attached hydrogen (secondary N) is 1. The van der Waals surface area contributed by atoms with E-state index in [4.69, 9.17) is 10.5 Å². The maximum Gasteiger partial charge on any atom is 0.237 e. The number of carbonyl (C=O) groups excluding carboxylic acids is 1. The summed E-state index contributed by atoms with van der Waals surface area (Å²) >= 11 is 0. The fourth-order valence-corrected chi connectivity index (χ4v) is 1.00. The molecular weight excluding hydrogens is 196 g/mol. The van der Waals surface area contributed by atoms with Crippen LogP contribution in [0.25, 0.3) is 0 Å². The second-order valence-corrected chi connectivity index (χ2v) is 3.97. The van der Waals surface area contributed by atoms with Crippen molar-refractivity contribution in [3.63, 3.8) is 0 Å². The van der Waals surface area contributed by atoms with Gasteiger partial charge < -0.3 is 20.9 Å². The lowest BCUT2D eigenvalue weighted by atomic mass is 10.0. The number of hydrogen-bond acceptors (Lipinski definition) is 4. The van der Waals surface area contributed by atoms with E-state index in [2.05, 4.69) is 5.32 Å². The first kappa shape index (κ1) is 14.3. The van der Waals surface area contributed by atoms with Gasteiger partial charge in [0.1, 0.15) is 0 Å². The summed E-state index contributed by atoms with van der Waals surface area (Å²) in [5.41, 5.74) is 4.58. The number of hydrogen-bond donors (Lipinski definition) is 3. The molecule has 0 saturated heterocycles. The minimum atomic E-state index is -0.945. The molecule has 5 heteroatoms. The molecule has 0 fully saturated rings. The Hall–Kier alpha value is -0.650. The van der Waals surface area contributed by atoms with Gasteiger partial charge in [0.25, 0.3) is 0 Å². The van der Waals surface area contributed by atoms with Crippen LogP contribution in [-0.2, 0) is 9.53 Å². The summed E-state index contributed by atoms with van der Waals surface area (Å²) in [6.45, 7) is 4.16. The first-order chi connectivity index (χ1) is 6.93. The van der Waals surface area contributed by atoms with Crippen LogP contribution >= 0.6 is 0 Å². The molecule has 0 aliphatic rings. The summed E-state index contributed by atoms with van der Waals surface area (Å²) in [5, 5.41) is 12.4. The summed E-state index contributed by atoms with van der Waals surface area (Å²) in [4.78, 5) is 11.3. The second kappa shape index (κ2) is 6.76. The second-order valence-electron chi connectivity index (χ2n) is 3.97. The fourth-order valence-electron chi connectivity index (χ4n) is 1.00.